The highest BCUT2D eigenvalue weighted by Crippen LogP contribution is 2.37. The van der Waals surface area contributed by atoms with Crippen LogP contribution >= 0.6 is 0 Å². The Kier molecular flexibility index (Phi) is 4.02. The van der Waals surface area contributed by atoms with Crippen LogP contribution in [0.5, 0.6) is 11.6 Å². The van der Waals surface area contributed by atoms with E-state index in [2.05, 4.69) is 15.2 Å². The summed E-state index contributed by atoms with van der Waals surface area (Å²) in [4.78, 5) is 3.97. The number of imidazole rings is 1. The smallest absolute Gasteiger partial charge is 0.251 e. The molecule has 1 atom stereocenters. The maximum Gasteiger partial charge on any atom is 0.251 e. The molecule has 1 aliphatic carbocycles. The quantitative estimate of drug-likeness (QED) is 0.771. The Balaban J connectivity index is 1.50. The molecule has 2 aromatic heterocycles. The molecule has 0 saturated heterocycles. The van der Waals surface area contributed by atoms with Crippen LogP contribution < -0.4 is 4.74 Å². The van der Waals surface area contributed by atoms with Gasteiger partial charge in [-0.2, -0.15) is 0 Å². The average Bonchev–Trinajstić information content (AvgIpc) is 3.25. The molecular formula is C18H16F2N4O2. The fourth-order valence-electron chi connectivity index (χ4n) is 3.02. The summed E-state index contributed by atoms with van der Waals surface area (Å²) in [6.07, 6.45) is 4.34. The third kappa shape index (κ3) is 3.35. The van der Waals surface area contributed by atoms with Gasteiger partial charge in [0, 0.05) is 42.9 Å². The lowest BCUT2D eigenvalue weighted by Gasteiger charge is -2.13. The zero-order valence-electron chi connectivity index (χ0n) is 13.7. The Labute approximate surface area is 148 Å². The Hall–Kier alpha value is -3.03. The highest BCUT2D eigenvalue weighted by molar-refractivity contribution is 5.68. The van der Waals surface area contributed by atoms with E-state index < -0.39 is 12.0 Å². The molecule has 1 fully saturated rings. The van der Waals surface area contributed by atoms with E-state index in [4.69, 9.17) is 4.74 Å². The first-order chi connectivity index (χ1) is 12.5. The number of phenolic OH excluding ortho intramolecular Hbond substituents is 1. The number of hydrogen-bond donors (Lipinski definition) is 1. The molecule has 134 valence electrons. The van der Waals surface area contributed by atoms with Gasteiger partial charge < -0.3 is 14.4 Å². The number of phenols is 1. The van der Waals surface area contributed by atoms with Gasteiger partial charge in [0.1, 0.15) is 11.9 Å². The Bertz CT molecular complexity index is 898. The van der Waals surface area contributed by atoms with Crippen LogP contribution in [0.4, 0.5) is 8.78 Å². The van der Waals surface area contributed by atoms with Gasteiger partial charge in [0.15, 0.2) is 0 Å². The van der Waals surface area contributed by atoms with Gasteiger partial charge in [-0.1, -0.05) is 0 Å². The van der Waals surface area contributed by atoms with Crippen LogP contribution in [-0.2, 0) is 0 Å². The van der Waals surface area contributed by atoms with Gasteiger partial charge in [-0.25, -0.2) is 13.8 Å². The number of aromatic nitrogens is 4. The van der Waals surface area contributed by atoms with Crippen LogP contribution in [0, 0.1) is 0 Å². The Morgan fingerprint density at radius 2 is 2.08 bits per heavy atom. The van der Waals surface area contributed by atoms with E-state index in [1.54, 1.807) is 47.6 Å². The van der Waals surface area contributed by atoms with Gasteiger partial charge in [0.2, 0.25) is 5.88 Å². The van der Waals surface area contributed by atoms with Gasteiger partial charge in [-0.3, -0.25) is 0 Å². The van der Waals surface area contributed by atoms with Crippen molar-refractivity contribution < 1.29 is 18.6 Å². The Morgan fingerprint density at radius 3 is 2.69 bits per heavy atom. The van der Waals surface area contributed by atoms with Crippen molar-refractivity contribution in [3.63, 3.8) is 0 Å². The monoisotopic (exact) mass is 358 g/mol. The van der Waals surface area contributed by atoms with E-state index >= 15 is 0 Å². The van der Waals surface area contributed by atoms with Crippen molar-refractivity contribution in [1.29, 1.82) is 0 Å². The summed E-state index contributed by atoms with van der Waals surface area (Å²) < 4.78 is 33.7. The van der Waals surface area contributed by atoms with Crippen LogP contribution in [-0.4, -0.2) is 36.9 Å². The van der Waals surface area contributed by atoms with Crippen molar-refractivity contribution in [2.24, 2.45) is 0 Å². The molecule has 0 spiro atoms. The number of hydrogen-bond acceptors (Lipinski definition) is 5. The van der Waals surface area contributed by atoms with Crippen LogP contribution in [0.15, 0.2) is 49.1 Å². The first-order valence-corrected chi connectivity index (χ1v) is 8.20. The normalized spacial score (nSPS) is 18.8. The lowest BCUT2D eigenvalue weighted by molar-refractivity contribution is -0.00145. The van der Waals surface area contributed by atoms with Crippen molar-refractivity contribution in [2.45, 2.75) is 31.3 Å². The summed E-state index contributed by atoms with van der Waals surface area (Å²) in [5.74, 6) is -2.42. The molecule has 1 aliphatic rings. The van der Waals surface area contributed by atoms with Gasteiger partial charge in [-0.05, 0) is 24.6 Å². The fraction of sp³-hybridized carbons (Fsp3) is 0.278. The SMILES string of the molecule is Oc1cc(-n2ccnc2)ccc1-c1ccc(O[C@@H]2CCC(F)(F)C2)nn1. The van der Waals surface area contributed by atoms with E-state index in [1.165, 1.54) is 0 Å². The number of halogens is 2. The molecule has 1 aromatic carbocycles. The van der Waals surface area contributed by atoms with E-state index in [9.17, 15) is 13.9 Å². The predicted octanol–water partition coefficient (Wildman–Crippen LogP) is 3.60. The van der Waals surface area contributed by atoms with Crippen molar-refractivity contribution in [2.75, 3.05) is 0 Å². The lowest BCUT2D eigenvalue weighted by Crippen LogP contribution is -2.17. The van der Waals surface area contributed by atoms with Crippen molar-refractivity contribution in [3.8, 4) is 28.6 Å². The summed E-state index contributed by atoms with van der Waals surface area (Å²) in [5.41, 5.74) is 1.74. The zero-order valence-corrected chi connectivity index (χ0v) is 13.7. The number of nitrogens with zero attached hydrogens (tertiary/aromatic N) is 4. The highest BCUT2D eigenvalue weighted by Gasteiger charge is 2.40. The standard InChI is InChI=1S/C18H16F2N4O2/c19-18(20)6-5-13(10-18)26-17-4-3-15(22-23-17)14-2-1-12(9-16(14)25)24-8-7-21-11-24/h1-4,7-9,11,13,25H,5-6,10H2/t13-/m1/s1. The number of aromatic hydroxyl groups is 1. The second kappa shape index (κ2) is 6.36. The van der Waals surface area contributed by atoms with E-state index in [0.717, 1.165) is 5.69 Å². The summed E-state index contributed by atoms with van der Waals surface area (Å²) in [6.45, 7) is 0. The average molecular weight is 358 g/mol. The van der Waals surface area contributed by atoms with Crippen molar-refractivity contribution in [3.05, 3.63) is 49.1 Å². The molecule has 1 saturated carbocycles. The number of ether oxygens (including phenoxy) is 1. The third-order valence-corrected chi connectivity index (χ3v) is 4.35. The minimum atomic E-state index is -2.67. The molecule has 0 amide bonds. The molecule has 2 heterocycles. The van der Waals surface area contributed by atoms with Crippen LogP contribution in [0.2, 0.25) is 0 Å². The topological polar surface area (TPSA) is 73.1 Å². The number of benzene rings is 1. The predicted molar refractivity (Wildman–Crippen MR) is 89.5 cm³/mol. The summed E-state index contributed by atoms with van der Waals surface area (Å²) >= 11 is 0. The minimum absolute atomic E-state index is 0.0506. The molecule has 8 heteroatoms. The third-order valence-electron chi connectivity index (χ3n) is 4.35. The molecule has 1 N–H and O–H groups in total. The van der Waals surface area contributed by atoms with Gasteiger partial charge >= 0.3 is 0 Å². The summed E-state index contributed by atoms with van der Waals surface area (Å²) in [6, 6.07) is 8.36. The summed E-state index contributed by atoms with van der Waals surface area (Å²) in [7, 11) is 0. The van der Waals surface area contributed by atoms with Gasteiger partial charge in [-0.15, -0.1) is 10.2 Å². The number of rotatable bonds is 4. The minimum Gasteiger partial charge on any atom is -0.507 e. The molecule has 6 nitrogen and oxygen atoms in total. The molecule has 0 radical (unpaired) electrons. The van der Waals surface area contributed by atoms with Crippen LogP contribution in [0.25, 0.3) is 16.9 Å². The van der Waals surface area contributed by atoms with Crippen LogP contribution in [0.1, 0.15) is 19.3 Å². The van der Waals surface area contributed by atoms with Crippen molar-refractivity contribution in [1.82, 2.24) is 19.7 Å². The van der Waals surface area contributed by atoms with E-state index in [-0.39, 0.29) is 24.5 Å². The molecule has 26 heavy (non-hydrogen) atoms. The first-order valence-electron chi connectivity index (χ1n) is 8.20. The molecule has 0 unspecified atom stereocenters. The van der Waals surface area contributed by atoms with E-state index in [1.807, 2.05) is 6.07 Å². The second-order valence-electron chi connectivity index (χ2n) is 6.27. The molecule has 0 bridgehead atoms. The van der Waals surface area contributed by atoms with Crippen LogP contribution in [0.3, 0.4) is 0 Å². The number of alkyl halides is 2. The van der Waals surface area contributed by atoms with E-state index in [0.29, 0.717) is 17.7 Å². The Morgan fingerprint density at radius 1 is 1.19 bits per heavy atom. The van der Waals surface area contributed by atoms with Gasteiger partial charge in [0.05, 0.1) is 17.7 Å². The first kappa shape index (κ1) is 16.4. The fourth-order valence-corrected chi connectivity index (χ4v) is 3.02. The molecule has 4 rings (SSSR count). The largest absolute Gasteiger partial charge is 0.507 e. The summed E-state index contributed by atoms with van der Waals surface area (Å²) in [5, 5.41) is 18.3. The maximum atomic E-state index is 13.2. The molecule has 0 aliphatic heterocycles. The molecule has 3 aromatic rings. The zero-order chi connectivity index (χ0) is 18.1. The van der Waals surface area contributed by atoms with Crippen molar-refractivity contribution >= 4 is 0 Å². The van der Waals surface area contributed by atoms with Gasteiger partial charge in [0.25, 0.3) is 5.92 Å². The second-order valence-corrected chi connectivity index (χ2v) is 6.27. The highest BCUT2D eigenvalue weighted by atomic mass is 19.3. The maximum absolute atomic E-state index is 13.2. The lowest BCUT2D eigenvalue weighted by atomic mass is 10.1. The molecular weight excluding hydrogens is 342 g/mol.